The molecule has 6 nitrogen and oxygen atoms in total. The molecule has 0 aromatic carbocycles. The third-order valence-electron chi connectivity index (χ3n) is 4.21. The Bertz CT molecular complexity index is 361. The minimum atomic E-state index is -0.804. The van der Waals surface area contributed by atoms with Crippen LogP contribution < -0.4 is 0 Å². The number of nitrogens with zero attached hydrogens (tertiary/aromatic N) is 2. The van der Waals surface area contributed by atoms with Crippen LogP contribution in [0.1, 0.15) is 26.2 Å². The number of hydrogen-bond donors (Lipinski definition) is 2. The summed E-state index contributed by atoms with van der Waals surface area (Å²) in [7, 11) is 0. The van der Waals surface area contributed by atoms with Crippen LogP contribution in [-0.4, -0.2) is 64.3 Å². The number of carbonyl (C=O) groups excluding carboxylic acids is 1. The standard InChI is InChI=1S/C13H22N2O4/c1-9-2-4-15(8-11(9)16)13(19)14-5-3-10(7-14)6-12(17)18/h9-11,16H,2-8H2,1H3,(H,17,18). The van der Waals surface area contributed by atoms with Crippen molar-refractivity contribution >= 4 is 12.0 Å². The number of likely N-dealkylation sites (tertiary alicyclic amines) is 2. The molecule has 2 fully saturated rings. The minimum Gasteiger partial charge on any atom is -0.481 e. The molecule has 0 saturated carbocycles. The molecule has 108 valence electrons. The number of aliphatic hydroxyl groups excluding tert-OH is 1. The van der Waals surface area contributed by atoms with E-state index in [9.17, 15) is 14.7 Å². The molecule has 2 aliphatic heterocycles. The normalized spacial score (nSPS) is 31.6. The van der Waals surface area contributed by atoms with Crippen LogP contribution in [0.4, 0.5) is 4.79 Å². The van der Waals surface area contributed by atoms with E-state index in [0.29, 0.717) is 26.2 Å². The fraction of sp³-hybridized carbons (Fsp3) is 0.846. The van der Waals surface area contributed by atoms with Crippen LogP contribution in [0.2, 0.25) is 0 Å². The van der Waals surface area contributed by atoms with Gasteiger partial charge in [0, 0.05) is 32.6 Å². The topological polar surface area (TPSA) is 81.1 Å². The Kier molecular flexibility index (Phi) is 4.29. The number of aliphatic carboxylic acids is 1. The maximum atomic E-state index is 12.3. The third-order valence-corrected chi connectivity index (χ3v) is 4.21. The Balaban J connectivity index is 1.86. The van der Waals surface area contributed by atoms with Crippen molar-refractivity contribution in [3.8, 4) is 0 Å². The molecular formula is C13H22N2O4. The Morgan fingerprint density at radius 3 is 2.42 bits per heavy atom. The first-order valence-electron chi connectivity index (χ1n) is 6.91. The van der Waals surface area contributed by atoms with Gasteiger partial charge in [-0.15, -0.1) is 0 Å². The van der Waals surface area contributed by atoms with Gasteiger partial charge in [-0.1, -0.05) is 6.92 Å². The van der Waals surface area contributed by atoms with Gasteiger partial charge in [0.1, 0.15) is 0 Å². The monoisotopic (exact) mass is 270 g/mol. The molecule has 6 heteroatoms. The van der Waals surface area contributed by atoms with Gasteiger partial charge in [-0.3, -0.25) is 4.79 Å². The van der Waals surface area contributed by atoms with Crippen molar-refractivity contribution in [1.29, 1.82) is 0 Å². The molecule has 2 saturated heterocycles. The summed E-state index contributed by atoms with van der Waals surface area (Å²) in [6.07, 6.45) is 1.25. The van der Waals surface area contributed by atoms with E-state index in [1.165, 1.54) is 0 Å². The molecule has 0 bridgehead atoms. The quantitative estimate of drug-likeness (QED) is 0.770. The van der Waals surface area contributed by atoms with Crippen LogP contribution in [0.3, 0.4) is 0 Å². The zero-order valence-electron chi connectivity index (χ0n) is 11.3. The van der Waals surface area contributed by atoms with Crippen LogP contribution in [-0.2, 0) is 4.79 Å². The number of piperidine rings is 1. The fourth-order valence-corrected chi connectivity index (χ4v) is 2.84. The fourth-order valence-electron chi connectivity index (χ4n) is 2.84. The molecule has 2 amide bonds. The van der Waals surface area contributed by atoms with E-state index in [2.05, 4.69) is 0 Å². The largest absolute Gasteiger partial charge is 0.481 e. The molecule has 0 aromatic heterocycles. The average molecular weight is 270 g/mol. The number of aliphatic hydroxyl groups is 1. The Hall–Kier alpha value is -1.30. The van der Waals surface area contributed by atoms with E-state index in [0.717, 1.165) is 12.8 Å². The highest BCUT2D eigenvalue weighted by Gasteiger charge is 2.33. The minimum absolute atomic E-state index is 0.0566. The van der Waals surface area contributed by atoms with Crippen LogP contribution in [0.5, 0.6) is 0 Å². The molecule has 0 spiro atoms. The molecule has 2 rings (SSSR count). The van der Waals surface area contributed by atoms with Crippen molar-refractivity contribution in [1.82, 2.24) is 9.80 Å². The molecule has 0 aromatic rings. The van der Waals surface area contributed by atoms with Crippen molar-refractivity contribution in [2.45, 2.75) is 32.3 Å². The SMILES string of the molecule is CC1CCN(C(=O)N2CCC(CC(=O)O)C2)CC1O. The van der Waals surface area contributed by atoms with E-state index in [-0.39, 0.29) is 24.3 Å². The molecule has 2 heterocycles. The van der Waals surface area contributed by atoms with Gasteiger partial charge in [0.2, 0.25) is 0 Å². The predicted molar refractivity (Wildman–Crippen MR) is 68.7 cm³/mol. The number of hydrogen-bond acceptors (Lipinski definition) is 3. The third kappa shape index (κ3) is 3.37. The summed E-state index contributed by atoms with van der Waals surface area (Å²) in [6.45, 7) is 4.20. The first-order chi connectivity index (χ1) is 8.97. The molecule has 3 atom stereocenters. The second kappa shape index (κ2) is 5.77. The lowest BCUT2D eigenvalue weighted by Crippen LogP contribution is -2.50. The van der Waals surface area contributed by atoms with Gasteiger partial charge in [0.15, 0.2) is 0 Å². The zero-order chi connectivity index (χ0) is 14.0. The lowest BCUT2D eigenvalue weighted by atomic mass is 9.96. The molecular weight excluding hydrogens is 248 g/mol. The second-order valence-corrected chi connectivity index (χ2v) is 5.76. The van der Waals surface area contributed by atoms with Crippen molar-refractivity contribution in [2.75, 3.05) is 26.2 Å². The van der Waals surface area contributed by atoms with Gasteiger partial charge in [-0.2, -0.15) is 0 Å². The van der Waals surface area contributed by atoms with E-state index < -0.39 is 12.1 Å². The van der Waals surface area contributed by atoms with E-state index in [4.69, 9.17) is 5.11 Å². The number of rotatable bonds is 2. The lowest BCUT2D eigenvalue weighted by molar-refractivity contribution is -0.138. The highest BCUT2D eigenvalue weighted by Crippen LogP contribution is 2.23. The first-order valence-corrected chi connectivity index (χ1v) is 6.91. The van der Waals surface area contributed by atoms with Gasteiger partial charge < -0.3 is 20.0 Å². The van der Waals surface area contributed by atoms with Crippen LogP contribution in [0.25, 0.3) is 0 Å². The summed E-state index contributed by atoms with van der Waals surface area (Å²) in [5, 5.41) is 18.6. The van der Waals surface area contributed by atoms with Gasteiger partial charge in [0.05, 0.1) is 6.10 Å². The van der Waals surface area contributed by atoms with Gasteiger partial charge >= 0.3 is 12.0 Å². The summed E-state index contributed by atoms with van der Waals surface area (Å²) in [5.41, 5.74) is 0. The Morgan fingerprint density at radius 1 is 1.16 bits per heavy atom. The molecule has 0 radical (unpaired) electrons. The van der Waals surface area contributed by atoms with Crippen LogP contribution in [0.15, 0.2) is 0 Å². The number of carbonyl (C=O) groups is 2. The first kappa shape index (κ1) is 14.1. The maximum absolute atomic E-state index is 12.3. The maximum Gasteiger partial charge on any atom is 0.320 e. The number of β-amino-alcohol motifs (C(OH)–C–C–N with tert-alkyl or cyclic N) is 1. The van der Waals surface area contributed by atoms with Gasteiger partial charge in [0.25, 0.3) is 0 Å². The van der Waals surface area contributed by atoms with Crippen molar-refractivity contribution < 1.29 is 19.8 Å². The molecule has 3 unspecified atom stereocenters. The lowest BCUT2D eigenvalue weighted by Gasteiger charge is -2.36. The van der Waals surface area contributed by atoms with Gasteiger partial charge in [-0.25, -0.2) is 4.79 Å². The summed E-state index contributed by atoms with van der Waals surface area (Å²) >= 11 is 0. The van der Waals surface area contributed by atoms with E-state index in [1.54, 1.807) is 9.80 Å². The van der Waals surface area contributed by atoms with E-state index >= 15 is 0 Å². The molecule has 0 aliphatic carbocycles. The van der Waals surface area contributed by atoms with Crippen molar-refractivity contribution in [3.63, 3.8) is 0 Å². The van der Waals surface area contributed by atoms with Crippen molar-refractivity contribution in [3.05, 3.63) is 0 Å². The highest BCUT2D eigenvalue weighted by molar-refractivity contribution is 5.75. The molecule has 19 heavy (non-hydrogen) atoms. The average Bonchev–Trinajstić information content (AvgIpc) is 2.79. The summed E-state index contributed by atoms with van der Waals surface area (Å²) < 4.78 is 0. The van der Waals surface area contributed by atoms with Crippen LogP contribution in [0, 0.1) is 11.8 Å². The molecule has 2 aliphatic rings. The highest BCUT2D eigenvalue weighted by atomic mass is 16.4. The number of amides is 2. The van der Waals surface area contributed by atoms with Crippen LogP contribution >= 0.6 is 0 Å². The Morgan fingerprint density at radius 2 is 1.79 bits per heavy atom. The molecule has 2 N–H and O–H groups in total. The number of carboxylic acids is 1. The zero-order valence-corrected chi connectivity index (χ0v) is 11.3. The second-order valence-electron chi connectivity index (χ2n) is 5.76. The van der Waals surface area contributed by atoms with Gasteiger partial charge in [-0.05, 0) is 24.7 Å². The summed E-state index contributed by atoms with van der Waals surface area (Å²) in [4.78, 5) is 26.3. The summed E-state index contributed by atoms with van der Waals surface area (Å²) in [6, 6.07) is -0.0566. The number of urea groups is 1. The Labute approximate surface area is 113 Å². The van der Waals surface area contributed by atoms with Crippen molar-refractivity contribution in [2.24, 2.45) is 11.8 Å². The predicted octanol–water partition coefficient (Wildman–Crippen LogP) is 0.606. The van der Waals surface area contributed by atoms with E-state index in [1.807, 2.05) is 6.92 Å². The smallest absolute Gasteiger partial charge is 0.320 e. The number of carboxylic acid groups (broad SMARTS) is 1. The summed E-state index contributed by atoms with van der Waals surface area (Å²) in [5.74, 6) is -0.501.